The molecule has 0 radical (unpaired) electrons. The van der Waals surface area contributed by atoms with Crippen molar-refractivity contribution in [2.45, 2.75) is 39.7 Å². The lowest BCUT2D eigenvalue weighted by Gasteiger charge is -2.20. The number of para-hydroxylation sites is 1. The van der Waals surface area contributed by atoms with Crippen LogP contribution >= 0.6 is 0 Å². The van der Waals surface area contributed by atoms with Gasteiger partial charge in [0.15, 0.2) is 6.10 Å². The molecule has 2 N–H and O–H groups in total. The Morgan fingerprint density at radius 3 is 2.55 bits per heavy atom. The summed E-state index contributed by atoms with van der Waals surface area (Å²) in [6.45, 7) is 6.08. The molecule has 2 aromatic rings. The predicted molar refractivity (Wildman–Crippen MR) is 110 cm³/mol. The highest BCUT2D eigenvalue weighted by molar-refractivity contribution is 6.05. The number of ether oxygens (including phenoxy) is 1. The number of hydrogen-bond donors (Lipinski definition) is 2. The number of amides is 3. The molecule has 7 nitrogen and oxygen atoms in total. The summed E-state index contributed by atoms with van der Waals surface area (Å²) in [6, 6.07) is 12.5. The average molecular weight is 395 g/mol. The summed E-state index contributed by atoms with van der Waals surface area (Å²) >= 11 is 0. The molecule has 1 fully saturated rings. The summed E-state index contributed by atoms with van der Waals surface area (Å²) in [5.74, 6) is -0.358. The minimum atomic E-state index is -0.800. The van der Waals surface area contributed by atoms with Gasteiger partial charge >= 0.3 is 0 Å². The Balaban J connectivity index is 1.63. The van der Waals surface area contributed by atoms with E-state index in [1.54, 1.807) is 42.2 Å². The van der Waals surface area contributed by atoms with E-state index in [1.807, 2.05) is 26.0 Å². The van der Waals surface area contributed by atoms with Gasteiger partial charge in [0.2, 0.25) is 5.91 Å². The maximum Gasteiger partial charge on any atom is 0.279 e. The normalized spacial score (nSPS) is 14.4. The van der Waals surface area contributed by atoms with Crippen molar-refractivity contribution in [3.8, 4) is 5.75 Å². The van der Waals surface area contributed by atoms with Crippen LogP contribution < -0.4 is 20.5 Å². The maximum atomic E-state index is 12.6. The summed E-state index contributed by atoms with van der Waals surface area (Å²) in [4.78, 5) is 38.6. The van der Waals surface area contributed by atoms with Crippen molar-refractivity contribution in [2.75, 3.05) is 11.4 Å². The van der Waals surface area contributed by atoms with Crippen molar-refractivity contribution in [3.05, 3.63) is 59.2 Å². The molecule has 29 heavy (non-hydrogen) atoms. The van der Waals surface area contributed by atoms with Crippen molar-refractivity contribution in [1.29, 1.82) is 0 Å². The monoisotopic (exact) mass is 395 g/mol. The van der Waals surface area contributed by atoms with Gasteiger partial charge in [-0.1, -0.05) is 24.3 Å². The Labute approximate surface area is 170 Å². The number of anilines is 1. The zero-order valence-electron chi connectivity index (χ0n) is 16.8. The minimum absolute atomic E-state index is 0.00941. The fourth-order valence-corrected chi connectivity index (χ4v) is 3.19. The summed E-state index contributed by atoms with van der Waals surface area (Å²) < 4.78 is 5.73. The smallest absolute Gasteiger partial charge is 0.279 e. The molecular formula is C22H25N3O4. The molecule has 0 bridgehead atoms. The van der Waals surface area contributed by atoms with Gasteiger partial charge in [-0.05, 0) is 56.5 Å². The van der Waals surface area contributed by atoms with Crippen LogP contribution in [0.15, 0.2) is 42.5 Å². The van der Waals surface area contributed by atoms with E-state index in [0.29, 0.717) is 30.0 Å². The van der Waals surface area contributed by atoms with E-state index in [9.17, 15) is 14.4 Å². The van der Waals surface area contributed by atoms with Gasteiger partial charge in [0.25, 0.3) is 11.8 Å². The van der Waals surface area contributed by atoms with Crippen molar-refractivity contribution in [1.82, 2.24) is 10.9 Å². The van der Waals surface area contributed by atoms with Crippen LogP contribution in [0.25, 0.3) is 0 Å². The van der Waals surface area contributed by atoms with Gasteiger partial charge in [-0.15, -0.1) is 0 Å². The number of nitrogens with one attached hydrogen (secondary N) is 2. The lowest BCUT2D eigenvalue weighted by molar-refractivity contribution is -0.128. The van der Waals surface area contributed by atoms with Crippen molar-refractivity contribution in [3.63, 3.8) is 0 Å². The number of carbonyl (C=O) groups is 3. The molecule has 1 aliphatic rings. The summed E-state index contributed by atoms with van der Waals surface area (Å²) in [6.07, 6.45) is 0.435. The largest absolute Gasteiger partial charge is 0.481 e. The Morgan fingerprint density at radius 2 is 1.83 bits per heavy atom. The molecule has 1 aliphatic heterocycles. The number of benzene rings is 2. The van der Waals surface area contributed by atoms with E-state index in [2.05, 4.69) is 10.9 Å². The molecule has 3 rings (SSSR count). The third-order valence-electron chi connectivity index (χ3n) is 5.04. The highest BCUT2D eigenvalue weighted by atomic mass is 16.5. The van der Waals surface area contributed by atoms with Crippen molar-refractivity contribution in [2.24, 2.45) is 0 Å². The molecule has 152 valence electrons. The summed E-state index contributed by atoms with van der Waals surface area (Å²) in [5.41, 5.74) is 7.70. The van der Waals surface area contributed by atoms with Crippen LogP contribution in [0.4, 0.5) is 5.69 Å². The van der Waals surface area contributed by atoms with E-state index in [0.717, 1.165) is 17.5 Å². The first kappa shape index (κ1) is 20.4. The third-order valence-corrected chi connectivity index (χ3v) is 5.04. The van der Waals surface area contributed by atoms with Crippen molar-refractivity contribution >= 4 is 23.4 Å². The number of rotatable bonds is 5. The van der Waals surface area contributed by atoms with Crippen LogP contribution in [0.2, 0.25) is 0 Å². The second-order valence-corrected chi connectivity index (χ2v) is 7.07. The molecule has 3 amide bonds. The Hall–Kier alpha value is -3.35. The van der Waals surface area contributed by atoms with Gasteiger partial charge in [-0.2, -0.15) is 0 Å². The standard InChI is InChI=1S/C22H25N3O4/c1-14-8-6-11-19(15(14)2)29-16(3)21(27)23-24-22(28)17-9-4-5-10-18(17)25-13-7-12-20(25)26/h4-6,8-11,16H,7,12-13H2,1-3H3,(H,23,27)(H,24,28)/t16-/m1/s1. The van der Waals surface area contributed by atoms with Gasteiger partial charge in [-0.25, -0.2) is 0 Å². The van der Waals surface area contributed by atoms with E-state index in [-0.39, 0.29) is 5.91 Å². The molecule has 1 atom stereocenters. The average Bonchev–Trinajstić information content (AvgIpc) is 3.15. The summed E-state index contributed by atoms with van der Waals surface area (Å²) in [7, 11) is 0. The number of carbonyl (C=O) groups excluding carboxylic acids is 3. The van der Waals surface area contributed by atoms with Crippen molar-refractivity contribution < 1.29 is 19.1 Å². The van der Waals surface area contributed by atoms with Gasteiger partial charge in [-0.3, -0.25) is 25.2 Å². The first-order valence-electron chi connectivity index (χ1n) is 9.61. The van der Waals surface area contributed by atoms with Gasteiger partial charge in [0, 0.05) is 13.0 Å². The van der Waals surface area contributed by atoms with E-state index < -0.39 is 17.9 Å². The number of hydrogen-bond acceptors (Lipinski definition) is 4. The molecule has 0 aliphatic carbocycles. The Morgan fingerprint density at radius 1 is 1.07 bits per heavy atom. The Kier molecular flexibility index (Phi) is 6.16. The molecule has 0 aromatic heterocycles. The quantitative estimate of drug-likeness (QED) is 0.762. The van der Waals surface area contributed by atoms with Crippen LogP contribution in [0.5, 0.6) is 5.75 Å². The molecule has 0 unspecified atom stereocenters. The summed E-state index contributed by atoms with van der Waals surface area (Å²) in [5, 5.41) is 0. The Bertz CT molecular complexity index is 941. The van der Waals surface area contributed by atoms with E-state index in [4.69, 9.17) is 4.74 Å². The maximum absolute atomic E-state index is 12.6. The zero-order chi connectivity index (χ0) is 21.0. The van der Waals surface area contributed by atoms with E-state index in [1.165, 1.54) is 0 Å². The van der Waals surface area contributed by atoms with E-state index >= 15 is 0 Å². The first-order valence-corrected chi connectivity index (χ1v) is 9.61. The fraction of sp³-hybridized carbons (Fsp3) is 0.318. The topological polar surface area (TPSA) is 87.7 Å². The van der Waals surface area contributed by atoms with Gasteiger partial charge in [0.1, 0.15) is 5.75 Å². The van der Waals surface area contributed by atoms with Crippen LogP contribution in [-0.2, 0) is 9.59 Å². The van der Waals surface area contributed by atoms with Crippen LogP contribution in [0.3, 0.4) is 0 Å². The lowest BCUT2D eigenvalue weighted by atomic mass is 10.1. The second-order valence-electron chi connectivity index (χ2n) is 7.07. The number of aryl methyl sites for hydroxylation is 1. The number of hydrazine groups is 1. The molecule has 1 saturated heterocycles. The predicted octanol–water partition coefficient (Wildman–Crippen LogP) is 2.66. The molecule has 0 spiro atoms. The second kappa shape index (κ2) is 8.77. The highest BCUT2D eigenvalue weighted by Gasteiger charge is 2.26. The molecule has 7 heteroatoms. The minimum Gasteiger partial charge on any atom is -0.481 e. The molecule has 1 heterocycles. The van der Waals surface area contributed by atoms with Gasteiger partial charge < -0.3 is 9.64 Å². The molecular weight excluding hydrogens is 370 g/mol. The molecule has 2 aromatic carbocycles. The van der Waals surface area contributed by atoms with Crippen LogP contribution in [0, 0.1) is 13.8 Å². The van der Waals surface area contributed by atoms with Gasteiger partial charge in [0.05, 0.1) is 11.3 Å². The molecule has 0 saturated carbocycles. The van der Waals surface area contributed by atoms with Crippen LogP contribution in [0.1, 0.15) is 41.3 Å². The number of nitrogens with zero attached hydrogens (tertiary/aromatic N) is 1. The fourth-order valence-electron chi connectivity index (χ4n) is 3.19. The zero-order valence-corrected chi connectivity index (χ0v) is 16.8. The van der Waals surface area contributed by atoms with Crippen LogP contribution in [-0.4, -0.2) is 30.4 Å². The first-order chi connectivity index (χ1) is 13.9. The highest BCUT2D eigenvalue weighted by Crippen LogP contribution is 2.25. The third kappa shape index (κ3) is 4.56. The lowest BCUT2D eigenvalue weighted by Crippen LogP contribution is -2.47. The SMILES string of the molecule is Cc1cccc(O[C@H](C)C(=O)NNC(=O)c2ccccc2N2CCCC2=O)c1C.